The van der Waals surface area contributed by atoms with Gasteiger partial charge in [-0.25, -0.2) is 18.6 Å². The van der Waals surface area contributed by atoms with Crippen molar-refractivity contribution in [1.82, 2.24) is 9.88 Å². The summed E-state index contributed by atoms with van der Waals surface area (Å²) in [7, 11) is 1.59. The van der Waals surface area contributed by atoms with Gasteiger partial charge in [-0.3, -0.25) is 4.79 Å². The number of aromatic nitrogens is 1. The molecule has 0 spiro atoms. The number of hydrogen-bond donors (Lipinski definition) is 1. The Morgan fingerprint density at radius 2 is 2.00 bits per heavy atom. The van der Waals surface area contributed by atoms with Crippen LogP contribution in [0, 0.1) is 24.5 Å². The van der Waals surface area contributed by atoms with Crippen molar-refractivity contribution in [2.24, 2.45) is 5.92 Å². The summed E-state index contributed by atoms with van der Waals surface area (Å²) in [5, 5.41) is 9.28. The Morgan fingerprint density at radius 3 is 2.68 bits per heavy atom. The van der Waals surface area contributed by atoms with E-state index in [4.69, 9.17) is 9.47 Å². The number of carbonyl (C=O) groups is 2. The van der Waals surface area contributed by atoms with Crippen molar-refractivity contribution in [3.8, 4) is 17.0 Å². The summed E-state index contributed by atoms with van der Waals surface area (Å²) in [6.07, 6.45) is 2.50. The van der Waals surface area contributed by atoms with Crippen LogP contribution < -0.4 is 4.74 Å². The standard InChI is InChI=1S/C25H30F2N2O5/c1-4-10-29(3)25(32)33-14-17-11-18(26)13-20(27)23(17)21-8-9-22(15(2)28-21)34-19-7-5-6-16(12-19)24(30)31/h8-9,11,13,16,19H,4-7,10,12,14H2,1-3H3,(H,30,31)/t16-,19-/m0/s1. The average molecular weight is 477 g/mol. The van der Waals surface area contributed by atoms with E-state index in [9.17, 15) is 23.5 Å². The van der Waals surface area contributed by atoms with E-state index in [0.717, 1.165) is 31.4 Å². The highest BCUT2D eigenvalue weighted by atomic mass is 19.1. The van der Waals surface area contributed by atoms with Crippen molar-refractivity contribution in [2.75, 3.05) is 13.6 Å². The molecule has 0 saturated heterocycles. The topological polar surface area (TPSA) is 89.0 Å². The molecule has 1 aliphatic rings. The van der Waals surface area contributed by atoms with Crippen LogP contribution in [0.3, 0.4) is 0 Å². The van der Waals surface area contributed by atoms with Gasteiger partial charge < -0.3 is 19.5 Å². The fourth-order valence-corrected chi connectivity index (χ4v) is 4.17. The fourth-order valence-electron chi connectivity index (χ4n) is 4.17. The first kappa shape index (κ1) is 25.4. The molecule has 34 heavy (non-hydrogen) atoms. The van der Waals surface area contributed by atoms with Crippen molar-refractivity contribution in [3.63, 3.8) is 0 Å². The number of ether oxygens (including phenoxy) is 2. The van der Waals surface area contributed by atoms with Crippen LogP contribution in [0.5, 0.6) is 5.75 Å². The zero-order valence-electron chi connectivity index (χ0n) is 19.6. The molecule has 1 N–H and O–H groups in total. The first-order valence-electron chi connectivity index (χ1n) is 11.4. The lowest BCUT2D eigenvalue weighted by atomic mass is 9.87. The number of nitrogens with zero attached hydrogens (tertiary/aromatic N) is 2. The van der Waals surface area contributed by atoms with Gasteiger partial charge in [-0.05, 0) is 57.2 Å². The molecular formula is C25H30F2N2O5. The summed E-state index contributed by atoms with van der Waals surface area (Å²) >= 11 is 0. The molecule has 1 aromatic carbocycles. The zero-order chi connectivity index (χ0) is 24.8. The Balaban J connectivity index is 1.81. The fraction of sp³-hybridized carbons (Fsp3) is 0.480. The third-order valence-electron chi connectivity index (χ3n) is 5.92. The highest BCUT2D eigenvalue weighted by Gasteiger charge is 2.28. The van der Waals surface area contributed by atoms with E-state index >= 15 is 0 Å². The summed E-state index contributed by atoms with van der Waals surface area (Å²) in [6, 6.07) is 5.10. The minimum Gasteiger partial charge on any atom is -0.489 e. The van der Waals surface area contributed by atoms with Gasteiger partial charge in [-0.1, -0.05) is 6.92 Å². The molecule has 1 aromatic heterocycles. The van der Waals surface area contributed by atoms with E-state index in [1.165, 1.54) is 4.90 Å². The number of rotatable bonds is 8. The number of hydrogen-bond acceptors (Lipinski definition) is 5. The Morgan fingerprint density at radius 1 is 1.24 bits per heavy atom. The molecular weight excluding hydrogens is 446 g/mol. The van der Waals surface area contributed by atoms with Crippen molar-refractivity contribution >= 4 is 12.1 Å². The van der Waals surface area contributed by atoms with Crippen LogP contribution in [0.1, 0.15) is 50.3 Å². The van der Waals surface area contributed by atoms with E-state index in [2.05, 4.69) is 4.98 Å². The molecule has 1 aliphatic carbocycles. The van der Waals surface area contributed by atoms with Crippen molar-refractivity contribution < 1.29 is 33.0 Å². The Bertz CT molecular complexity index is 1050. The van der Waals surface area contributed by atoms with Crippen molar-refractivity contribution in [2.45, 2.75) is 58.7 Å². The molecule has 1 saturated carbocycles. The number of pyridine rings is 1. The molecule has 184 valence electrons. The van der Waals surface area contributed by atoms with Crippen LogP contribution in [0.4, 0.5) is 13.6 Å². The Kier molecular flexibility index (Phi) is 8.41. The summed E-state index contributed by atoms with van der Waals surface area (Å²) in [5.41, 5.74) is 0.949. The largest absolute Gasteiger partial charge is 0.489 e. The van der Waals surface area contributed by atoms with Gasteiger partial charge >= 0.3 is 12.1 Å². The molecule has 0 aliphatic heterocycles. The number of aryl methyl sites for hydroxylation is 1. The maximum absolute atomic E-state index is 14.8. The maximum Gasteiger partial charge on any atom is 0.409 e. The second-order valence-electron chi connectivity index (χ2n) is 8.62. The predicted molar refractivity (Wildman–Crippen MR) is 121 cm³/mol. The highest BCUT2D eigenvalue weighted by Crippen LogP contribution is 2.32. The Hall–Kier alpha value is -3.23. The molecule has 9 heteroatoms. The number of halogens is 2. The van der Waals surface area contributed by atoms with Gasteiger partial charge in [0, 0.05) is 30.8 Å². The lowest BCUT2D eigenvalue weighted by Gasteiger charge is -2.27. The van der Waals surface area contributed by atoms with Gasteiger partial charge in [0.25, 0.3) is 0 Å². The van der Waals surface area contributed by atoms with Gasteiger partial charge in [0.1, 0.15) is 24.0 Å². The zero-order valence-corrected chi connectivity index (χ0v) is 19.6. The smallest absolute Gasteiger partial charge is 0.409 e. The van der Waals surface area contributed by atoms with E-state index in [-0.39, 0.29) is 29.5 Å². The molecule has 1 fully saturated rings. The monoisotopic (exact) mass is 476 g/mol. The second-order valence-corrected chi connectivity index (χ2v) is 8.62. The summed E-state index contributed by atoms with van der Waals surface area (Å²) in [4.78, 5) is 29.3. The summed E-state index contributed by atoms with van der Waals surface area (Å²) < 4.78 is 40.0. The molecule has 0 bridgehead atoms. The second kappa shape index (κ2) is 11.3. The third kappa shape index (κ3) is 6.21. The number of carbonyl (C=O) groups excluding carboxylic acids is 1. The SMILES string of the molecule is CCCN(C)C(=O)OCc1cc(F)cc(F)c1-c1ccc(O[C@H]2CCC[C@H](C(=O)O)C2)c(C)n1. The van der Waals surface area contributed by atoms with Gasteiger partial charge in [-0.15, -0.1) is 0 Å². The molecule has 2 atom stereocenters. The first-order chi connectivity index (χ1) is 16.2. The van der Waals surface area contributed by atoms with E-state index in [1.807, 2.05) is 6.92 Å². The lowest BCUT2D eigenvalue weighted by molar-refractivity contribution is -0.143. The predicted octanol–water partition coefficient (Wildman–Crippen LogP) is 5.34. The van der Waals surface area contributed by atoms with Gasteiger partial charge in [0.2, 0.25) is 0 Å². The number of benzene rings is 1. The van der Waals surface area contributed by atoms with E-state index in [1.54, 1.807) is 26.1 Å². The molecule has 0 radical (unpaired) electrons. The molecule has 1 heterocycles. The highest BCUT2D eigenvalue weighted by molar-refractivity contribution is 5.70. The molecule has 7 nitrogen and oxygen atoms in total. The first-order valence-corrected chi connectivity index (χ1v) is 11.4. The normalized spacial score (nSPS) is 17.8. The van der Waals surface area contributed by atoms with Crippen LogP contribution in [-0.2, 0) is 16.1 Å². The third-order valence-corrected chi connectivity index (χ3v) is 5.92. The Labute approximate surface area is 197 Å². The number of carboxylic acids is 1. The quantitative estimate of drug-likeness (QED) is 0.554. The molecule has 0 unspecified atom stereocenters. The number of carboxylic acid groups (broad SMARTS) is 1. The minimum atomic E-state index is -0.820. The van der Waals surface area contributed by atoms with Crippen LogP contribution in [0.25, 0.3) is 11.3 Å². The molecule has 1 amide bonds. The van der Waals surface area contributed by atoms with E-state index in [0.29, 0.717) is 30.8 Å². The summed E-state index contributed by atoms with van der Waals surface area (Å²) in [6.45, 7) is 3.81. The van der Waals surface area contributed by atoms with Crippen LogP contribution in [0.15, 0.2) is 24.3 Å². The number of amides is 1. The van der Waals surface area contributed by atoms with Gasteiger partial charge in [-0.2, -0.15) is 0 Å². The molecule has 2 aromatic rings. The summed E-state index contributed by atoms with van der Waals surface area (Å²) in [5.74, 6) is -2.36. The van der Waals surface area contributed by atoms with Crippen LogP contribution >= 0.6 is 0 Å². The van der Waals surface area contributed by atoms with Crippen LogP contribution in [-0.4, -0.2) is 46.7 Å². The lowest BCUT2D eigenvalue weighted by Crippen LogP contribution is -2.29. The van der Waals surface area contributed by atoms with Gasteiger partial charge in [0.05, 0.1) is 23.4 Å². The number of aliphatic carboxylic acids is 1. The van der Waals surface area contributed by atoms with E-state index < -0.39 is 29.6 Å². The van der Waals surface area contributed by atoms with Crippen molar-refractivity contribution in [1.29, 1.82) is 0 Å². The minimum absolute atomic E-state index is 0.0469. The maximum atomic E-state index is 14.8. The van der Waals surface area contributed by atoms with Crippen LogP contribution in [0.2, 0.25) is 0 Å². The van der Waals surface area contributed by atoms with Gasteiger partial charge in [0.15, 0.2) is 0 Å². The van der Waals surface area contributed by atoms with Crippen molar-refractivity contribution in [3.05, 3.63) is 47.2 Å². The average Bonchev–Trinajstić information content (AvgIpc) is 2.79. The molecule has 3 rings (SSSR count).